The van der Waals surface area contributed by atoms with Gasteiger partial charge in [0, 0.05) is 6.54 Å². The van der Waals surface area contributed by atoms with E-state index in [1.54, 1.807) is 12.1 Å². The Kier molecular flexibility index (Phi) is 5.53. The van der Waals surface area contributed by atoms with Gasteiger partial charge in [-0.25, -0.2) is 0 Å². The molecule has 0 aliphatic carbocycles. The van der Waals surface area contributed by atoms with Crippen LogP contribution in [0.4, 0.5) is 0 Å². The fourth-order valence-corrected chi connectivity index (χ4v) is 3.14. The smallest absolute Gasteiger partial charge is 0.423 e. The molecule has 0 aromatic heterocycles. The van der Waals surface area contributed by atoms with Crippen LogP contribution in [0, 0.1) is 0 Å². The molecular formula is C14H17BNO5P. The molecule has 0 radical (unpaired) electrons. The molecule has 0 heterocycles. The Bertz CT molecular complexity index is 661. The van der Waals surface area contributed by atoms with Gasteiger partial charge in [-0.05, 0) is 16.6 Å². The molecule has 0 saturated carbocycles. The standard InChI is InChI=1S/C14H17BNO5P/c17-15(18)13-9-5-4-8-12(13)14(22(19,20)21)16-10-11-6-2-1-3-7-11/h1-9,14,16-18H,10H2,(H2,19,20,21)/t14-/m1/s1. The van der Waals surface area contributed by atoms with Crippen LogP contribution in [0.3, 0.4) is 0 Å². The van der Waals surface area contributed by atoms with Crippen molar-refractivity contribution in [2.24, 2.45) is 0 Å². The minimum Gasteiger partial charge on any atom is -0.423 e. The molecule has 2 aromatic carbocycles. The first-order valence-electron chi connectivity index (χ1n) is 6.67. The summed E-state index contributed by atoms with van der Waals surface area (Å²) < 4.78 is 11.8. The van der Waals surface area contributed by atoms with Gasteiger partial charge in [0.05, 0.1) is 0 Å². The summed E-state index contributed by atoms with van der Waals surface area (Å²) in [6.45, 7) is 0.243. The number of benzene rings is 2. The van der Waals surface area contributed by atoms with Crippen molar-refractivity contribution in [3.05, 3.63) is 65.7 Å². The van der Waals surface area contributed by atoms with Gasteiger partial charge in [-0.2, -0.15) is 0 Å². The molecule has 22 heavy (non-hydrogen) atoms. The SMILES string of the molecule is O=P(O)(O)[C@@H](NCc1ccccc1)c1ccccc1B(O)O. The summed E-state index contributed by atoms with van der Waals surface area (Å²) in [4.78, 5) is 19.2. The highest BCUT2D eigenvalue weighted by Gasteiger charge is 2.33. The summed E-state index contributed by atoms with van der Waals surface area (Å²) in [5.74, 6) is -1.31. The molecule has 0 bridgehead atoms. The summed E-state index contributed by atoms with van der Waals surface area (Å²) in [5.41, 5.74) is 1.10. The Balaban J connectivity index is 2.30. The molecule has 2 rings (SSSR count). The Morgan fingerprint density at radius 3 is 2.18 bits per heavy atom. The van der Waals surface area contributed by atoms with E-state index in [2.05, 4.69) is 5.32 Å². The van der Waals surface area contributed by atoms with Crippen LogP contribution in [0.5, 0.6) is 0 Å². The number of rotatable bonds is 6. The second-order valence-electron chi connectivity index (χ2n) is 4.86. The van der Waals surface area contributed by atoms with Crippen molar-refractivity contribution in [1.29, 1.82) is 0 Å². The van der Waals surface area contributed by atoms with Crippen LogP contribution in [0.15, 0.2) is 54.6 Å². The molecular weight excluding hydrogens is 304 g/mol. The summed E-state index contributed by atoms with van der Waals surface area (Å²) in [6, 6.07) is 15.2. The topological polar surface area (TPSA) is 110 Å². The summed E-state index contributed by atoms with van der Waals surface area (Å²) in [6.07, 6.45) is 0. The molecule has 8 heteroatoms. The normalized spacial score (nSPS) is 12.9. The Morgan fingerprint density at radius 2 is 1.59 bits per heavy atom. The molecule has 2 aromatic rings. The molecule has 0 saturated heterocycles. The molecule has 1 atom stereocenters. The van der Waals surface area contributed by atoms with E-state index in [4.69, 9.17) is 0 Å². The molecule has 0 unspecified atom stereocenters. The third-order valence-electron chi connectivity index (χ3n) is 3.25. The van der Waals surface area contributed by atoms with Gasteiger partial charge in [0.15, 0.2) is 0 Å². The highest BCUT2D eigenvalue weighted by molar-refractivity contribution is 7.52. The lowest BCUT2D eigenvalue weighted by Crippen LogP contribution is -2.36. The van der Waals surface area contributed by atoms with Crippen LogP contribution in [0.1, 0.15) is 16.9 Å². The Labute approximate surface area is 128 Å². The van der Waals surface area contributed by atoms with Crippen LogP contribution in [0.25, 0.3) is 0 Å². The average molecular weight is 321 g/mol. The molecule has 5 N–H and O–H groups in total. The largest absolute Gasteiger partial charge is 0.488 e. The van der Waals surface area contributed by atoms with Gasteiger partial charge in [-0.1, -0.05) is 54.6 Å². The minimum atomic E-state index is -4.53. The number of hydrogen-bond donors (Lipinski definition) is 5. The van der Waals surface area contributed by atoms with Crippen molar-refractivity contribution in [3.63, 3.8) is 0 Å². The van der Waals surface area contributed by atoms with Crippen LogP contribution in [-0.2, 0) is 11.1 Å². The molecule has 0 fully saturated rings. The van der Waals surface area contributed by atoms with E-state index in [9.17, 15) is 24.4 Å². The van der Waals surface area contributed by atoms with Gasteiger partial charge < -0.3 is 19.8 Å². The van der Waals surface area contributed by atoms with E-state index < -0.39 is 20.5 Å². The average Bonchev–Trinajstić information content (AvgIpc) is 2.47. The van der Waals surface area contributed by atoms with Crippen molar-refractivity contribution in [1.82, 2.24) is 5.32 Å². The zero-order chi connectivity index (χ0) is 16.2. The first-order valence-corrected chi connectivity index (χ1v) is 8.35. The first kappa shape index (κ1) is 16.9. The van der Waals surface area contributed by atoms with Crippen LogP contribution in [-0.4, -0.2) is 27.0 Å². The zero-order valence-corrected chi connectivity index (χ0v) is 12.6. The fourth-order valence-electron chi connectivity index (χ4n) is 2.22. The van der Waals surface area contributed by atoms with E-state index in [0.29, 0.717) is 0 Å². The maximum Gasteiger partial charge on any atom is 0.488 e. The highest BCUT2D eigenvalue weighted by Crippen LogP contribution is 2.49. The molecule has 6 nitrogen and oxygen atoms in total. The van der Waals surface area contributed by atoms with Crippen LogP contribution < -0.4 is 10.8 Å². The van der Waals surface area contributed by atoms with Gasteiger partial charge in [-0.3, -0.25) is 9.88 Å². The lowest BCUT2D eigenvalue weighted by molar-refractivity contribution is 0.347. The second-order valence-corrected chi connectivity index (χ2v) is 6.56. The second kappa shape index (κ2) is 7.20. The van der Waals surface area contributed by atoms with E-state index in [0.717, 1.165) is 5.56 Å². The molecule has 0 aliphatic rings. The van der Waals surface area contributed by atoms with Crippen molar-refractivity contribution in [2.75, 3.05) is 0 Å². The number of hydrogen-bond acceptors (Lipinski definition) is 4. The van der Waals surface area contributed by atoms with Gasteiger partial charge in [0.2, 0.25) is 0 Å². The van der Waals surface area contributed by atoms with Crippen LogP contribution in [0.2, 0.25) is 0 Å². The third-order valence-corrected chi connectivity index (χ3v) is 4.38. The predicted molar refractivity (Wildman–Crippen MR) is 84.3 cm³/mol. The van der Waals surface area contributed by atoms with E-state index in [1.165, 1.54) is 12.1 Å². The van der Waals surface area contributed by atoms with Crippen molar-refractivity contribution >= 4 is 20.2 Å². The number of nitrogens with one attached hydrogen (secondary N) is 1. The molecule has 0 amide bonds. The predicted octanol–water partition coefficient (Wildman–Crippen LogP) is 0.332. The summed E-state index contributed by atoms with van der Waals surface area (Å²) in [5, 5.41) is 21.6. The van der Waals surface area contributed by atoms with Crippen molar-refractivity contribution in [2.45, 2.75) is 12.3 Å². The summed E-state index contributed by atoms with van der Waals surface area (Å²) in [7, 11) is -6.34. The lowest BCUT2D eigenvalue weighted by atomic mass is 9.77. The third kappa shape index (κ3) is 4.27. The minimum absolute atomic E-state index is 0.0661. The maximum atomic E-state index is 11.8. The van der Waals surface area contributed by atoms with Gasteiger partial charge in [-0.15, -0.1) is 0 Å². The fraction of sp³-hybridized carbons (Fsp3) is 0.143. The van der Waals surface area contributed by atoms with Gasteiger partial charge in [0.1, 0.15) is 5.78 Å². The Morgan fingerprint density at radius 1 is 1.00 bits per heavy atom. The van der Waals surface area contributed by atoms with Gasteiger partial charge in [0.25, 0.3) is 0 Å². The van der Waals surface area contributed by atoms with Crippen molar-refractivity contribution in [3.8, 4) is 0 Å². The molecule has 116 valence electrons. The molecule has 0 aliphatic heterocycles. The quantitative estimate of drug-likeness (QED) is 0.387. The zero-order valence-electron chi connectivity index (χ0n) is 11.7. The lowest BCUT2D eigenvalue weighted by Gasteiger charge is -2.23. The summed E-state index contributed by atoms with van der Waals surface area (Å²) >= 11 is 0. The molecule has 0 spiro atoms. The van der Waals surface area contributed by atoms with Crippen molar-refractivity contribution < 1.29 is 24.4 Å². The highest BCUT2D eigenvalue weighted by atomic mass is 31.2. The van der Waals surface area contributed by atoms with Crippen LogP contribution >= 0.6 is 7.60 Å². The van der Waals surface area contributed by atoms with E-state index in [1.807, 2.05) is 30.3 Å². The Hall–Kier alpha value is -1.47. The van der Waals surface area contributed by atoms with E-state index in [-0.39, 0.29) is 17.6 Å². The first-order chi connectivity index (χ1) is 10.4. The van der Waals surface area contributed by atoms with Gasteiger partial charge >= 0.3 is 14.7 Å². The van der Waals surface area contributed by atoms with E-state index >= 15 is 0 Å². The maximum absolute atomic E-state index is 11.8. The monoisotopic (exact) mass is 321 g/mol.